The minimum atomic E-state index is 0.206. The molecule has 0 N–H and O–H groups in total. The molecule has 3 saturated heterocycles. The SMILES string of the molecule is O=C(c1ccc(N2CCCCC2)cc1)N1CCC(CCN2CCC(c3coc4ccccc34)CC2)CC1. The van der Waals surface area contributed by atoms with Crippen LogP contribution in [0.5, 0.6) is 0 Å². The fourth-order valence-corrected chi connectivity index (χ4v) is 6.72. The predicted molar refractivity (Wildman–Crippen MR) is 150 cm³/mol. The highest BCUT2D eigenvalue weighted by Crippen LogP contribution is 2.34. The van der Waals surface area contributed by atoms with E-state index in [0.717, 1.165) is 56.1 Å². The summed E-state index contributed by atoms with van der Waals surface area (Å²) in [4.78, 5) is 20.3. The lowest BCUT2D eigenvalue weighted by atomic mass is 9.88. The summed E-state index contributed by atoms with van der Waals surface area (Å²) in [5.41, 5.74) is 4.51. The number of likely N-dealkylation sites (tertiary alicyclic amines) is 2. The maximum absolute atomic E-state index is 13.1. The van der Waals surface area contributed by atoms with Crippen LogP contribution in [0.25, 0.3) is 11.0 Å². The van der Waals surface area contributed by atoms with E-state index in [4.69, 9.17) is 4.42 Å². The third-order valence-corrected chi connectivity index (χ3v) is 9.13. The first kappa shape index (κ1) is 24.5. The lowest BCUT2D eigenvalue weighted by Gasteiger charge is -2.35. The fourth-order valence-electron chi connectivity index (χ4n) is 6.72. The van der Waals surface area contributed by atoms with E-state index in [0.29, 0.717) is 5.92 Å². The minimum absolute atomic E-state index is 0.206. The Balaban J connectivity index is 0.930. The molecule has 37 heavy (non-hydrogen) atoms. The molecule has 0 saturated carbocycles. The number of fused-ring (bicyclic) bond motifs is 1. The molecule has 1 amide bonds. The van der Waals surface area contributed by atoms with E-state index in [1.165, 1.54) is 74.8 Å². The summed E-state index contributed by atoms with van der Waals surface area (Å²) in [6.07, 6.45) is 11.8. The second-order valence-electron chi connectivity index (χ2n) is 11.4. The maximum atomic E-state index is 13.1. The summed E-state index contributed by atoms with van der Waals surface area (Å²) in [6, 6.07) is 16.8. The number of hydrogen-bond acceptors (Lipinski definition) is 4. The van der Waals surface area contributed by atoms with E-state index in [9.17, 15) is 4.79 Å². The van der Waals surface area contributed by atoms with Crippen molar-refractivity contribution in [3.05, 3.63) is 65.9 Å². The topological polar surface area (TPSA) is 39.9 Å². The first-order chi connectivity index (χ1) is 18.2. The van der Waals surface area contributed by atoms with Crippen LogP contribution < -0.4 is 4.90 Å². The van der Waals surface area contributed by atoms with Gasteiger partial charge in [-0.05, 0) is 113 Å². The summed E-state index contributed by atoms with van der Waals surface area (Å²) in [5, 5.41) is 1.29. The third kappa shape index (κ3) is 5.57. The molecule has 0 atom stereocenters. The first-order valence-corrected chi connectivity index (χ1v) is 14.6. The predicted octanol–water partition coefficient (Wildman–Crippen LogP) is 6.55. The molecule has 6 rings (SSSR count). The van der Waals surface area contributed by atoms with E-state index in [1.807, 2.05) is 24.5 Å². The van der Waals surface area contributed by atoms with Crippen LogP contribution in [0.4, 0.5) is 5.69 Å². The second-order valence-corrected chi connectivity index (χ2v) is 11.4. The standard InChI is InChI=1S/C32H41N3O2/c36-32(27-8-10-28(11-9-27)34-17-4-1-5-18-34)35-22-13-25(14-23-35)12-19-33-20-15-26(16-21-33)30-24-37-31-7-3-2-6-29(30)31/h2-3,6-11,24-26H,1,4-5,12-23H2. The smallest absolute Gasteiger partial charge is 0.253 e. The zero-order valence-electron chi connectivity index (χ0n) is 22.1. The van der Waals surface area contributed by atoms with Crippen molar-refractivity contribution < 1.29 is 9.21 Å². The van der Waals surface area contributed by atoms with E-state index in [2.05, 4.69) is 45.0 Å². The van der Waals surface area contributed by atoms with Crippen LogP contribution in [-0.2, 0) is 0 Å². The van der Waals surface area contributed by atoms with Gasteiger partial charge in [0.25, 0.3) is 5.91 Å². The van der Waals surface area contributed by atoms with Gasteiger partial charge in [0.15, 0.2) is 0 Å². The van der Waals surface area contributed by atoms with Crippen molar-refractivity contribution in [1.82, 2.24) is 9.80 Å². The van der Waals surface area contributed by atoms with E-state index in [-0.39, 0.29) is 5.91 Å². The Morgan fingerprint density at radius 2 is 1.54 bits per heavy atom. The van der Waals surface area contributed by atoms with Crippen LogP contribution in [0.2, 0.25) is 0 Å². The van der Waals surface area contributed by atoms with E-state index in [1.54, 1.807) is 0 Å². The Morgan fingerprint density at radius 3 is 2.30 bits per heavy atom. The Morgan fingerprint density at radius 1 is 0.811 bits per heavy atom. The van der Waals surface area contributed by atoms with Gasteiger partial charge in [-0.25, -0.2) is 0 Å². The van der Waals surface area contributed by atoms with Crippen molar-refractivity contribution in [2.75, 3.05) is 50.7 Å². The molecule has 5 heteroatoms. The Hall–Kier alpha value is -2.79. The van der Waals surface area contributed by atoms with Crippen molar-refractivity contribution in [3.8, 4) is 0 Å². The molecule has 0 spiro atoms. The first-order valence-electron chi connectivity index (χ1n) is 14.6. The van der Waals surface area contributed by atoms with Gasteiger partial charge in [-0.15, -0.1) is 0 Å². The number of carbonyl (C=O) groups excluding carboxylic acids is 1. The number of furan rings is 1. The molecule has 5 nitrogen and oxygen atoms in total. The van der Waals surface area contributed by atoms with Gasteiger partial charge in [0, 0.05) is 48.4 Å². The largest absolute Gasteiger partial charge is 0.464 e. The number of anilines is 1. The van der Waals surface area contributed by atoms with Crippen LogP contribution in [0, 0.1) is 5.92 Å². The molecule has 0 bridgehead atoms. The molecule has 3 aromatic rings. The van der Waals surface area contributed by atoms with E-state index < -0.39 is 0 Å². The van der Waals surface area contributed by atoms with Gasteiger partial charge in [-0.1, -0.05) is 18.2 Å². The molecular formula is C32H41N3O2. The molecule has 4 heterocycles. The van der Waals surface area contributed by atoms with Crippen LogP contribution in [0.3, 0.4) is 0 Å². The van der Waals surface area contributed by atoms with Crippen molar-refractivity contribution in [2.45, 2.75) is 57.3 Å². The summed E-state index contributed by atoms with van der Waals surface area (Å²) in [5.74, 6) is 1.56. The number of para-hydroxylation sites is 1. The maximum Gasteiger partial charge on any atom is 0.253 e. The van der Waals surface area contributed by atoms with Gasteiger partial charge in [-0.3, -0.25) is 4.79 Å². The lowest BCUT2D eigenvalue weighted by molar-refractivity contribution is 0.0678. The van der Waals surface area contributed by atoms with Gasteiger partial charge < -0.3 is 19.1 Å². The van der Waals surface area contributed by atoms with Crippen LogP contribution in [0.1, 0.15) is 73.2 Å². The molecule has 3 aliphatic heterocycles. The van der Waals surface area contributed by atoms with Crippen molar-refractivity contribution >= 4 is 22.6 Å². The molecule has 196 valence electrons. The summed E-state index contributed by atoms with van der Waals surface area (Å²) >= 11 is 0. The number of rotatable bonds is 6. The third-order valence-electron chi connectivity index (χ3n) is 9.13. The zero-order valence-corrected chi connectivity index (χ0v) is 22.1. The van der Waals surface area contributed by atoms with Crippen molar-refractivity contribution in [1.29, 1.82) is 0 Å². The van der Waals surface area contributed by atoms with Crippen molar-refractivity contribution in [2.24, 2.45) is 5.92 Å². The van der Waals surface area contributed by atoms with Gasteiger partial charge >= 0.3 is 0 Å². The highest BCUT2D eigenvalue weighted by atomic mass is 16.3. The van der Waals surface area contributed by atoms with Crippen LogP contribution >= 0.6 is 0 Å². The Labute approximate surface area is 221 Å². The Kier molecular flexibility index (Phi) is 7.50. The number of benzene rings is 2. The minimum Gasteiger partial charge on any atom is -0.464 e. The molecule has 0 aliphatic carbocycles. The molecule has 3 fully saturated rings. The lowest BCUT2D eigenvalue weighted by Crippen LogP contribution is -2.40. The van der Waals surface area contributed by atoms with Crippen LogP contribution in [-0.4, -0.2) is 61.5 Å². The molecule has 3 aliphatic rings. The number of carbonyl (C=O) groups is 1. The zero-order chi connectivity index (χ0) is 25.0. The normalized spacial score (nSPS) is 20.5. The monoisotopic (exact) mass is 499 g/mol. The van der Waals surface area contributed by atoms with Crippen molar-refractivity contribution in [3.63, 3.8) is 0 Å². The van der Waals surface area contributed by atoms with Crippen LogP contribution in [0.15, 0.2) is 59.2 Å². The molecule has 0 radical (unpaired) electrons. The number of nitrogens with zero attached hydrogens (tertiary/aromatic N) is 3. The second kappa shape index (κ2) is 11.3. The Bertz CT molecular complexity index is 1160. The van der Waals surface area contributed by atoms with Gasteiger partial charge in [0.05, 0.1) is 6.26 Å². The highest BCUT2D eigenvalue weighted by molar-refractivity contribution is 5.94. The number of amides is 1. The summed E-state index contributed by atoms with van der Waals surface area (Å²) in [7, 11) is 0. The molecule has 2 aromatic carbocycles. The van der Waals surface area contributed by atoms with E-state index >= 15 is 0 Å². The molecular weight excluding hydrogens is 458 g/mol. The number of piperidine rings is 3. The summed E-state index contributed by atoms with van der Waals surface area (Å²) < 4.78 is 5.80. The fraction of sp³-hybridized carbons (Fsp3) is 0.531. The average Bonchev–Trinajstić information content (AvgIpc) is 3.41. The van der Waals surface area contributed by atoms with Gasteiger partial charge in [0.2, 0.25) is 0 Å². The van der Waals surface area contributed by atoms with Gasteiger partial charge in [-0.2, -0.15) is 0 Å². The molecule has 1 aromatic heterocycles. The molecule has 0 unspecified atom stereocenters. The van der Waals surface area contributed by atoms with Gasteiger partial charge in [0.1, 0.15) is 5.58 Å². The summed E-state index contributed by atoms with van der Waals surface area (Å²) in [6.45, 7) is 7.61. The number of hydrogen-bond donors (Lipinski definition) is 0. The average molecular weight is 500 g/mol. The highest BCUT2D eigenvalue weighted by Gasteiger charge is 2.26. The quantitative estimate of drug-likeness (QED) is 0.386.